The summed E-state index contributed by atoms with van der Waals surface area (Å²) in [5.41, 5.74) is 5.34. The number of methoxy groups -OCH3 is 2. The molecule has 0 fully saturated rings. The van der Waals surface area contributed by atoms with Crippen LogP contribution in [0, 0.1) is 11.6 Å². The fraction of sp³-hybridized carbons (Fsp3) is 0.500. The van der Waals surface area contributed by atoms with Crippen LogP contribution < -0.4 is 10.6 Å². The van der Waals surface area contributed by atoms with E-state index in [1.165, 1.54) is 19.1 Å². The second kappa shape index (κ2) is 7.13. The zero-order valence-corrected chi connectivity index (χ0v) is 10.6. The Morgan fingerprint density at radius 3 is 1.89 bits per heavy atom. The number of ether oxygens (including phenoxy) is 2. The van der Waals surface area contributed by atoms with Crippen LogP contribution in [0.15, 0.2) is 12.1 Å². The minimum absolute atomic E-state index is 0.0622. The molecule has 0 heterocycles. The third-order valence-electron chi connectivity index (χ3n) is 2.49. The van der Waals surface area contributed by atoms with Crippen LogP contribution in [0.4, 0.5) is 20.2 Å². The Kier molecular flexibility index (Phi) is 5.80. The lowest BCUT2D eigenvalue weighted by atomic mass is 10.2. The normalized spacial score (nSPS) is 10.7. The minimum Gasteiger partial charge on any atom is -0.399 e. The van der Waals surface area contributed by atoms with Gasteiger partial charge >= 0.3 is 0 Å². The van der Waals surface area contributed by atoms with Crippen LogP contribution >= 0.6 is 0 Å². The van der Waals surface area contributed by atoms with Crippen molar-refractivity contribution in [2.75, 3.05) is 51.2 Å². The van der Waals surface area contributed by atoms with Crippen molar-refractivity contribution in [2.45, 2.75) is 0 Å². The minimum atomic E-state index is -0.681. The number of nitrogens with two attached hydrogens (primary N) is 1. The fourth-order valence-corrected chi connectivity index (χ4v) is 1.63. The van der Waals surface area contributed by atoms with Gasteiger partial charge in [0.1, 0.15) is 5.69 Å². The van der Waals surface area contributed by atoms with Gasteiger partial charge in [0.05, 0.1) is 13.2 Å². The zero-order valence-electron chi connectivity index (χ0n) is 10.6. The molecule has 0 aromatic heterocycles. The fourth-order valence-electron chi connectivity index (χ4n) is 1.63. The predicted molar refractivity (Wildman–Crippen MR) is 66.7 cm³/mol. The maximum atomic E-state index is 13.8. The van der Waals surface area contributed by atoms with E-state index in [9.17, 15) is 8.78 Å². The van der Waals surface area contributed by atoms with Crippen molar-refractivity contribution in [3.8, 4) is 0 Å². The number of benzene rings is 1. The predicted octanol–water partition coefficient (Wildman–Crippen LogP) is 1.65. The van der Waals surface area contributed by atoms with E-state index in [2.05, 4.69) is 0 Å². The van der Waals surface area contributed by atoms with Gasteiger partial charge in [-0.15, -0.1) is 0 Å². The van der Waals surface area contributed by atoms with Crippen molar-refractivity contribution in [1.29, 1.82) is 0 Å². The number of nitrogen functional groups attached to an aromatic ring is 1. The highest BCUT2D eigenvalue weighted by atomic mass is 19.1. The number of anilines is 2. The molecule has 1 rings (SSSR count). The number of nitrogens with zero attached hydrogens (tertiary/aromatic N) is 1. The maximum absolute atomic E-state index is 13.8. The molecule has 4 nitrogen and oxygen atoms in total. The molecule has 0 saturated heterocycles. The van der Waals surface area contributed by atoms with Crippen LogP contribution in [0.5, 0.6) is 0 Å². The van der Waals surface area contributed by atoms with Crippen molar-refractivity contribution in [1.82, 2.24) is 0 Å². The summed E-state index contributed by atoms with van der Waals surface area (Å²) in [6, 6.07) is 2.20. The van der Waals surface area contributed by atoms with Crippen LogP contribution in [0.1, 0.15) is 0 Å². The smallest absolute Gasteiger partial charge is 0.151 e. The van der Waals surface area contributed by atoms with Gasteiger partial charge in [-0.3, -0.25) is 0 Å². The number of rotatable bonds is 7. The summed E-state index contributed by atoms with van der Waals surface area (Å²) in [6.07, 6.45) is 0. The van der Waals surface area contributed by atoms with E-state index in [4.69, 9.17) is 15.2 Å². The van der Waals surface area contributed by atoms with Crippen molar-refractivity contribution in [3.63, 3.8) is 0 Å². The summed E-state index contributed by atoms with van der Waals surface area (Å²) in [6.45, 7) is 1.48. The molecule has 6 heteroatoms. The molecule has 0 radical (unpaired) electrons. The average Bonchev–Trinajstić information content (AvgIpc) is 2.30. The third kappa shape index (κ3) is 3.82. The summed E-state index contributed by atoms with van der Waals surface area (Å²) < 4.78 is 37.4. The molecule has 1 aromatic carbocycles. The highest BCUT2D eigenvalue weighted by Gasteiger charge is 2.17. The van der Waals surface area contributed by atoms with Crippen LogP contribution in [0.2, 0.25) is 0 Å². The molecule has 18 heavy (non-hydrogen) atoms. The lowest BCUT2D eigenvalue weighted by Crippen LogP contribution is -2.32. The Labute approximate surface area is 105 Å². The Morgan fingerprint density at radius 2 is 1.50 bits per heavy atom. The van der Waals surface area contributed by atoms with E-state index in [0.717, 1.165) is 12.1 Å². The quantitative estimate of drug-likeness (QED) is 0.757. The van der Waals surface area contributed by atoms with Gasteiger partial charge in [-0.05, 0) is 12.1 Å². The van der Waals surface area contributed by atoms with Gasteiger partial charge in [0.25, 0.3) is 0 Å². The molecule has 0 saturated carbocycles. The lowest BCUT2D eigenvalue weighted by Gasteiger charge is -2.25. The highest BCUT2D eigenvalue weighted by molar-refractivity contribution is 5.55. The van der Waals surface area contributed by atoms with Gasteiger partial charge in [0, 0.05) is 33.0 Å². The summed E-state index contributed by atoms with van der Waals surface area (Å²) in [7, 11) is 3.06. The molecule has 1 aromatic rings. The zero-order chi connectivity index (χ0) is 13.5. The van der Waals surface area contributed by atoms with Gasteiger partial charge in [0.2, 0.25) is 0 Å². The van der Waals surface area contributed by atoms with Crippen LogP contribution in [0.3, 0.4) is 0 Å². The van der Waals surface area contributed by atoms with Crippen LogP contribution in [-0.2, 0) is 9.47 Å². The third-order valence-corrected chi connectivity index (χ3v) is 2.49. The Bertz CT molecular complexity index is 357. The molecule has 0 aliphatic carbocycles. The summed E-state index contributed by atoms with van der Waals surface area (Å²) in [4.78, 5) is 1.54. The van der Waals surface area contributed by atoms with E-state index < -0.39 is 11.6 Å². The Morgan fingerprint density at radius 1 is 1.06 bits per heavy atom. The second-order valence-electron chi connectivity index (χ2n) is 3.81. The molecule has 0 aliphatic heterocycles. The van der Waals surface area contributed by atoms with Gasteiger partial charge in [-0.2, -0.15) is 0 Å². The molecule has 0 amide bonds. The van der Waals surface area contributed by atoms with Crippen molar-refractivity contribution >= 4 is 11.4 Å². The first kappa shape index (κ1) is 14.7. The SMILES string of the molecule is COCCN(CCOC)c1c(F)cc(N)cc1F. The van der Waals surface area contributed by atoms with Gasteiger partial charge in [-0.1, -0.05) is 0 Å². The molecular formula is C12H18F2N2O2. The first-order chi connectivity index (χ1) is 8.60. The van der Waals surface area contributed by atoms with E-state index in [-0.39, 0.29) is 11.4 Å². The topological polar surface area (TPSA) is 47.7 Å². The van der Waals surface area contributed by atoms with Gasteiger partial charge in [0.15, 0.2) is 11.6 Å². The largest absolute Gasteiger partial charge is 0.399 e. The van der Waals surface area contributed by atoms with Gasteiger partial charge in [-0.25, -0.2) is 8.78 Å². The van der Waals surface area contributed by atoms with Crippen LogP contribution in [-0.4, -0.2) is 40.5 Å². The highest BCUT2D eigenvalue weighted by Crippen LogP contribution is 2.25. The second-order valence-corrected chi connectivity index (χ2v) is 3.81. The summed E-state index contributed by atoms with van der Waals surface area (Å²) in [5.74, 6) is -1.36. The van der Waals surface area contributed by atoms with E-state index in [0.29, 0.717) is 26.3 Å². The van der Waals surface area contributed by atoms with Crippen LogP contribution in [0.25, 0.3) is 0 Å². The van der Waals surface area contributed by atoms with Gasteiger partial charge < -0.3 is 20.1 Å². The molecule has 0 unspecified atom stereocenters. The first-order valence-corrected chi connectivity index (χ1v) is 5.57. The maximum Gasteiger partial charge on any atom is 0.151 e. The standard InChI is InChI=1S/C12H18F2N2O2/c1-17-5-3-16(4-6-18-2)12-10(13)7-9(15)8-11(12)14/h7-8H,3-6,15H2,1-2H3. The summed E-state index contributed by atoms with van der Waals surface area (Å²) >= 11 is 0. The Balaban J connectivity index is 2.95. The number of hydrogen-bond acceptors (Lipinski definition) is 4. The monoisotopic (exact) mass is 260 g/mol. The Hall–Kier alpha value is -1.40. The first-order valence-electron chi connectivity index (χ1n) is 5.57. The molecule has 0 spiro atoms. The average molecular weight is 260 g/mol. The molecule has 0 aliphatic rings. The molecule has 2 N–H and O–H groups in total. The number of halogens is 2. The lowest BCUT2D eigenvalue weighted by molar-refractivity contribution is 0.189. The molecule has 0 atom stereocenters. The van der Waals surface area contributed by atoms with E-state index in [1.807, 2.05) is 0 Å². The molecule has 102 valence electrons. The molecular weight excluding hydrogens is 242 g/mol. The summed E-state index contributed by atoms with van der Waals surface area (Å²) in [5, 5.41) is 0. The molecule has 0 bridgehead atoms. The van der Waals surface area contributed by atoms with E-state index >= 15 is 0 Å². The van der Waals surface area contributed by atoms with Crippen molar-refractivity contribution in [2.24, 2.45) is 0 Å². The van der Waals surface area contributed by atoms with Crippen molar-refractivity contribution < 1.29 is 18.3 Å². The van der Waals surface area contributed by atoms with Crippen molar-refractivity contribution in [3.05, 3.63) is 23.8 Å². The number of hydrogen-bond donors (Lipinski definition) is 1. The van der Waals surface area contributed by atoms with E-state index in [1.54, 1.807) is 0 Å².